The molecule has 0 radical (unpaired) electrons. The first-order chi connectivity index (χ1) is 12.0. The van der Waals surface area contributed by atoms with E-state index < -0.39 is 5.60 Å². The molecule has 7 nitrogen and oxygen atoms in total. The molecule has 134 valence electrons. The summed E-state index contributed by atoms with van der Waals surface area (Å²) in [6, 6.07) is 1.93. The Hall–Kier alpha value is -2.15. The molecule has 25 heavy (non-hydrogen) atoms. The Labute approximate surface area is 146 Å². The number of amides is 1. The zero-order valence-corrected chi connectivity index (χ0v) is 14.7. The van der Waals surface area contributed by atoms with Gasteiger partial charge >= 0.3 is 0 Å². The van der Waals surface area contributed by atoms with E-state index in [0.717, 1.165) is 25.0 Å². The fourth-order valence-corrected chi connectivity index (χ4v) is 3.49. The van der Waals surface area contributed by atoms with Crippen molar-refractivity contribution in [2.45, 2.75) is 57.1 Å². The van der Waals surface area contributed by atoms with E-state index in [9.17, 15) is 9.90 Å². The highest BCUT2D eigenvalue weighted by Crippen LogP contribution is 2.42. The molecular weight excluding hydrogens is 320 g/mol. The summed E-state index contributed by atoms with van der Waals surface area (Å²) in [4.78, 5) is 14.7. The first-order valence-corrected chi connectivity index (χ1v) is 8.99. The van der Waals surface area contributed by atoms with Gasteiger partial charge in [0.2, 0.25) is 0 Å². The van der Waals surface area contributed by atoms with Gasteiger partial charge in [-0.2, -0.15) is 0 Å². The summed E-state index contributed by atoms with van der Waals surface area (Å²) in [7, 11) is 0. The smallest absolute Gasteiger partial charge is 0.257 e. The summed E-state index contributed by atoms with van der Waals surface area (Å²) in [5.41, 5.74) is 0.0238. The minimum atomic E-state index is -1.15. The second-order valence-electron chi connectivity index (χ2n) is 7.51. The quantitative estimate of drug-likeness (QED) is 0.921. The number of hydrogen-bond donors (Lipinski definition) is 1. The van der Waals surface area contributed by atoms with Crippen molar-refractivity contribution in [1.29, 1.82) is 0 Å². The number of carbonyl (C=O) groups is 1. The number of piperidine rings is 1. The second kappa shape index (κ2) is 5.98. The van der Waals surface area contributed by atoms with Crippen LogP contribution >= 0.6 is 0 Å². The van der Waals surface area contributed by atoms with E-state index in [-0.39, 0.29) is 18.5 Å². The summed E-state index contributed by atoms with van der Waals surface area (Å²) in [5, 5.41) is 19.4. The Bertz CT molecular complexity index is 777. The maximum atomic E-state index is 13.0. The van der Waals surface area contributed by atoms with Crippen LogP contribution in [0.4, 0.5) is 0 Å². The number of hydrogen-bond acceptors (Lipinski definition) is 5. The topological polar surface area (TPSA) is 84.4 Å². The number of β-amino-alcohol motifs (C(OH)–C–C–N with tert-alkyl or cyclic N) is 1. The van der Waals surface area contributed by atoms with Gasteiger partial charge < -0.3 is 14.4 Å². The number of carbonyl (C=O) groups excluding carboxylic acids is 1. The van der Waals surface area contributed by atoms with E-state index in [1.165, 1.54) is 0 Å². The van der Waals surface area contributed by atoms with Crippen LogP contribution < -0.4 is 0 Å². The van der Waals surface area contributed by atoms with E-state index in [2.05, 4.69) is 10.3 Å². The minimum Gasteiger partial charge on any atom is -0.468 e. The highest BCUT2D eigenvalue weighted by atomic mass is 16.3. The van der Waals surface area contributed by atoms with E-state index in [0.29, 0.717) is 30.1 Å². The number of aromatic nitrogens is 3. The molecule has 1 N–H and O–H groups in total. The van der Waals surface area contributed by atoms with E-state index in [4.69, 9.17) is 4.42 Å². The molecule has 2 aromatic rings. The number of furan rings is 1. The van der Waals surface area contributed by atoms with Gasteiger partial charge in [0, 0.05) is 18.5 Å². The fourth-order valence-electron chi connectivity index (χ4n) is 3.49. The van der Waals surface area contributed by atoms with Gasteiger partial charge in [-0.25, -0.2) is 4.68 Å². The number of nitrogens with zero attached hydrogens (tertiary/aromatic N) is 4. The lowest BCUT2D eigenvalue weighted by Gasteiger charge is -2.38. The average Bonchev–Trinajstić information content (AvgIpc) is 3.12. The molecule has 0 spiro atoms. The van der Waals surface area contributed by atoms with E-state index >= 15 is 0 Å². The van der Waals surface area contributed by atoms with Crippen LogP contribution in [0.15, 0.2) is 22.9 Å². The first kappa shape index (κ1) is 16.3. The van der Waals surface area contributed by atoms with Gasteiger partial charge in [-0.1, -0.05) is 5.21 Å². The molecule has 2 aromatic heterocycles. The molecule has 1 aliphatic carbocycles. The summed E-state index contributed by atoms with van der Waals surface area (Å²) >= 11 is 0. The van der Waals surface area contributed by atoms with E-state index in [1.54, 1.807) is 28.1 Å². The summed E-state index contributed by atoms with van der Waals surface area (Å²) < 4.78 is 7.26. The molecule has 4 rings (SSSR count). The van der Waals surface area contributed by atoms with Crippen LogP contribution in [-0.4, -0.2) is 44.0 Å². The monoisotopic (exact) mass is 344 g/mol. The number of aliphatic hydroxyl groups is 1. The molecule has 0 unspecified atom stereocenters. The SMILES string of the molecule is CC(C)n1cc([C@@]2(O)CCCN(C(=O)c3ccoc3C3CC3)C2)nn1. The Balaban J connectivity index is 1.55. The Kier molecular flexibility index (Phi) is 3.91. The largest absolute Gasteiger partial charge is 0.468 e. The van der Waals surface area contributed by atoms with Gasteiger partial charge in [-0.3, -0.25) is 4.79 Å². The van der Waals surface area contributed by atoms with Gasteiger partial charge in [-0.15, -0.1) is 5.10 Å². The zero-order chi connectivity index (χ0) is 17.6. The second-order valence-corrected chi connectivity index (χ2v) is 7.51. The van der Waals surface area contributed by atoms with Crippen LogP contribution in [0.25, 0.3) is 0 Å². The zero-order valence-electron chi connectivity index (χ0n) is 14.7. The lowest BCUT2D eigenvalue weighted by atomic mass is 9.89. The molecule has 1 saturated carbocycles. The van der Waals surface area contributed by atoms with Gasteiger partial charge in [0.15, 0.2) is 0 Å². The van der Waals surface area contributed by atoms with Crippen molar-refractivity contribution in [3.05, 3.63) is 35.5 Å². The molecule has 2 aliphatic rings. The molecule has 0 bridgehead atoms. The molecule has 7 heteroatoms. The third kappa shape index (κ3) is 2.97. The lowest BCUT2D eigenvalue weighted by molar-refractivity contribution is -0.0321. The van der Waals surface area contributed by atoms with Crippen molar-refractivity contribution in [2.75, 3.05) is 13.1 Å². The molecule has 1 atom stereocenters. The van der Waals surface area contributed by atoms with Gasteiger partial charge in [0.05, 0.1) is 24.6 Å². The minimum absolute atomic E-state index is 0.0648. The predicted octanol–water partition coefficient (Wildman–Crippen LogP) is 2.45. The number of rotatable bonds is 4. The van der Waals surface area contributed by atoms with Crippen molar-refractivity contribution in [2.24, 2.45) is 0 Å². The van der Waals surface area contributed by atoms with Gasteiger partial charge in [0.1, 0.15) is 17.1 Å². The average molecular weight is 344 g/mol. The molecular formula is C18H24N4O3. The molecule has 2 fully saturated rings. The van der Waals surface area contributed by atoms with Crippen molar-refractivity contribution in [3.63, 3.8) is 0 Å². The van der Waals surface area contributed by atoms with Crippen LogP contribution in [-0.2, 0) is 5.60 Å². The van der Waals surface area contributed by atoms with Gasteiger partial charge in [0.25, 0.3) is 5.91 Å². The van der Waals surface area contributed by atoms with Crippen LogP contribution in [0.1, 0.15) is 73.3 Å². The maximum absolute atomic E-state index is 13.0. The molecule has 1 aliphatic heterocycles. The normalized spacial score (nSPS) is 24.1. The molecule has 0 aromatic carbocycles. The van der Waals surface area contributed by atoms with Crippen LogP contribution in [0, 0.1) is 0 Å². The van der Waals surface area contributed by atoms with Crippen molar-refractivity contribution in [3.8, 4) is 0 Å². The highest BCUT2D eigenvalue weighted by Gasteiger charge is 2.41. The summed E-state index contributed by atoms with van der Waals surface area (Å²) in [6.45, 7) is 4.89. The maximum Gasteiger partial charge on any atom is 0.257 e. The fraction of sp³-hybridized carbons (Fsp3) is 0.611. The standard InChI is InChI=1S/C18H24N4O3/c1-12(2)22-10-15(19-20-22)18(24)7-3-8-21(11-18)17(23)14-6-9-25-16(14)13-4-5-13/h6,9-10,12-13,24H,3-5,7-8,11H2,1-2H3/t18-/m1/s1. The molecule has 1 amide bonds. The van der Waals surface area contributed by atoms with Crippen LogP contribution in [0.3, 0.4) is 0 Å². The van der Waals surface area contributed by atoms with Crippen molar-refractivity contribution >= 4 is 5.91 Å². The Morgan fingerprint density at radius 2 is 2.24 bits per heavy atom. The summed E-state index contributed by atoms with van der Waals surface area (Å²) in [6.07, 6.45) is 6.84. The lowest BCUT2D eigenvalue weighted by Crippen LogP contribution is -2.48. The Morgan fingerprint density at radius 1 is 1.44 bits per heavy atom. The van der Waals surface area contributed by atoms with Gasteiger partial charge in [-0.05, 0) is 45.6 Å². The third-order valence-corrected chi connectivity index (χ3v) is 5.15. The summed E-state index contributed by atoms with van der Waals surface area (Å²) in [5.74, 6) is 1.11. The van der Waals surface area contributed by atoms with Crippen molar-refractivity contribution < 1.29 is 14.3 Å². The molecule has 3 heterocycles. The van der Waals surface area contributed by atoms with Crippen LogP contribution in [0.2, 0.25) is 0 Å². The van der Waals surface area contributed by atoms with E-state index in [1.807, 2.05) is 13.8 Å². The first-order valence-electron chi connectivity index (χ1n) is 8.99. The Morgan fingerprint density at radius 3 is 2.92 bits per heavy atom. The van der Waals surface area contributed by atoms with Crippen molar-refractivity contribution in [1.82, 2.24) is 19.9 Å². The third-order valence-electron chi connectivity index (χ3n) is 5.15. The van der Waals surface area contributed by atoms with Crippen LogP contribution in [0.5, 0.6) is 0 Å². The predicted molar refractivity (Wildman–Crippen MR) is 90.1 cm³/mol. The number of likely N-dealkylation sites (tertiary alicyclic amines) is 1. The molecule has 1 saturated heterocycles. The highest BCUT2D eigenvalue weighted by molar-refractivity contribution is 5.95.